The maximum absolute atomic E-state index is 5.48. The van der Waals surface area contributed by atoms with E-state index in [1.807, 2.05) is 25.4 Å². The van der Waals surface area contributed by atoms with Crippen molar-refractivity contribution in [2.75, 3.05) is 12.8 Å². The van der Waals surface area contributed by atoms with Crippen molar-refractivity contribution in [2.45, 2.75) is 51.9 Å². The number of rotatable bonds is 3. The van der Waals surface area contributed by atoms with E-state index in [1.54, 1.807) is 5.57 Å². The van der Waals surface area contributed by atoms with Crippen LogP contribution in [0.3, 0.4) is 0 Å². The van der Waals surface area contributed by atoms with Gasteiger partial charge in [0.1, 0.15) is 5.82 Å². The van der Waals surface area contributed by atoms with Crippen LogP contribution in [0.4, 0.5) is 5.69 Å². The number of allylic oxidation sites excluding steroid dienone is 1. The molecule has 0 radical (unpaired) electrons. The van der Waals surface area contributed by atoms with Crippen molar-refractivity contribution in [3.8, 4) is 0 Å². The number of nitrogens with two attached hydrogens (primary N) is 1. The Morgan fingerprint density at radius 2 is 1.79 bits per heavy atom. The number of aryl methyl sites for hydroxylation is 1. The molecule has 1 heterocycles. The molecule has 3 nitrogen and oxygen atoms in total. The minimum atomic E-state index is 0.833. The molecule has 0 aromatic heterocycles. The van der Waals surface area contributed by atoms with Crippen molar-refractivity contribution in [3.63, 3.8) is 0 Å². The summed E-state index contributed by atoms with van der Waals surface area (Å²) >= 11 is 0. The summed E-state index contributed by atoms with van der Waals surface area (Å²) in [6.07, 6.45) is 11.1. The predicted octanol–water partition coefficient (Wildman–Crippen LogP) is 5.11. The highest BCUT2D eigenvalue weighted by molar-refractivity contribution is 5.61. The van der Waals surface area contributed by atoms with E-state index in [-0.39, 0.29) is 0 Å². The van der Waals surface area contributed by atoms with Crippen molar-refractivity contribution in [3.05, 3.63) is 54.4 Å². The lowest BCUT2D eigenvalue weighted by Gasteiger charge is -2.19. The number of nitrogen functional groups attached to an aromatic ring is 1. The van der Waals surface area contributed by atoms with Gasteiger partial charge >= 0.3 is 0 Å². The molecule has 1 aromatic carbocycles. The van der Waals surface area contributed by atoms with Crippen LogP contribution >= 0.6 is 0 Å². The zero-order chi connectivity index (χ0) is 17.8. The van der Waals surface area contributed by atoms with Gasteiger partial charge in [-0.3, -0.25) is 0 Å². The lowest BCUT2D eigenvalue weighted by Crippen LogP contribution is -2.15. The zero-order valence-corrected chi connectivity index (χ0v) is 15.4. The molecule has 0 atom stereocenters. The second kappa shape index (κ2) is 11.5. The van der Waals surface area contributed by atoms with Gasteiger partial charge in [-0.2, -0.15) is 0 Å². The molecule has 0 saturated heterocycles. The number of benzene rings is 1. The van der Waals surface area contributed by atoms with Crippen molar-refractivity contribution in [1.82, 2.24) is 5.32 Å². The van der Waals surface area contributed by atoms with Gasteiger partial charge in [-0.1, -0.05) is 31.9 Å². The molecular formula is C21H33N3. The van der Waals surface area contributed by atoms with Crippen LogP contribution in [-0.4, -0.2) is 13.3 Å². The van der Waals surface area contributed by atoms with E-state index in [0.717, 1.165) is 30.3 Å². The molecule has 0 unspecified atom stereocenters. The number of hydrogen-bond donors (Lipinski definition) is 2. The van der Waals surface area contributed by atoms with Gasteiger partial charge in [0.25, 0.3) is 0 Å². The monoisotopic (exact) mass is 327 g/mol. The Kier molecular flexibility index (Phi) is 9.59. The highest BCUT2D eigenvalue weighted by Gasteiger charge is 2.22. The third-order valence-electron chi connectivity index (χ3n) is 4.54. The largest absolute Gasteiger partial charge is 0.399 e. The maximum Gasteiger partial charge on any atom is 0.124 e. The third kappa shape index (κ3) is 6.23. The smallest absolute Gasteiger partial charge is 0.124 e. The molecule has 24 heavy (non-hydrogen) atoms. The lowest BCUT2D eigenvalue weighted by atomic mass is 9.92. The summed E-state index contributed by atoms with van der Waals surface area (Å²) in [5.41, 5.74) is 9.24. The number of nitrogens with one attached hydrogen (secondary N) is 1. The van der Waals surface area contributed by atoms with Gasteiger partial charge in [0.05, 0.1) is 0 Å². The molecular weight excluding hydrogens is 294 g/mol. The predicted molar refractivity (Wildman–Crippen MR) is 107 cm³/mol. The Balaban J connectivity index is 0.000000230. The molecule has 1 aliphatic heterocycles. The quantitative estimate of drug-likeness (QED) is 0.599. The van der Waals surface area contributed by atoms with Gasteiger partial charge in [0, 0.05) is 18.9 Å². The first kappa shape index (κ1) is 20.0. The van der Waals surface area contributed by atoms with Crippen LogP contribution in [-0.2, 0) is 6.42 Å². The molecule has 1 saturated carbocycles. The van der Waals surface area contributed by atoms with Crippen LogP contribution in [0, 0.1) is 5.92 Å². The first-order valence-corrected chi connectivity index (χ1v) is 9.02. The summed E-state index contributed by atoms with van der Waals surface area (Å²) in [5.74, 6) is 1.98. The van der Waals surface area contributed by atoms with Crippen LogP contribution in [0.2, 0.25) is 0 Å². The van der Waals surface area contributed by atoms with Gasteiger partial charge < -0.3 is 11.1 Å². The first-order chi connectivity index (χ1) is 11.7. The Morgan fingerprint density at radius 1 is 1.17 bits per heavy atom. The third-order valence-corrected chi connectivity index (χ3v) is 4.54. The van der Waals surface area contributed by atoms with E-state index in [4.69, 9.17) is 5.73 Å². The van der Waals surface area contributed by atoms with Crippen LogP contribution in [0.15, 0.2) is 53.8 Å². The molecule has 1 aliphatic carbocycles. The summed E-state index contributed by atoms with van der Waals surface area (Å²) in [6.45, 7) is 8.13. The van der Waals surface area contributed by atoms with Gasteiger partial charge in [0.15, 0.2) is 0 Å². The molecule has 0 amide bonds. The second-order valence-electron chi connectivity index (χ2n) is 6.05. The van der Waals surface area contributed by atoms with Gasteiger partial charge in [-0.05, 0) is 61.3 Å². The molecule has 1 fully saturated rings. The van der Waals surface area contributed by atoms with Crippen molar-refractivity contribution < 1.29 is 0 Å². The molecule has 3 rings (SSSR count). The molecule has 0 spiro atoms. The van der Waals surface area contributed by atoms with Crippen molar-refractivity contribution >= 4 is 11.9 Å². The van der Waals surface area contributed by atoms with E-state index < -0.39 is 0 Å². The normalized spacial score (nSPS) is 16.8. The van der Waals surface area contributed by atoms with Crippen molar-refractivity contribution in [1.29, 1.82) is 0 Å². The standard InChI is InChI=1S/C11H18N2.C8H11N.C2H4/c1-12-11-10(7-4-8-13-11)9-5-2-3-6-9;1-2-7-3-5-8(9)6-4-7;1-2/h8-9,12H,2-7H2,1H3;3-6H,2,9H2,1H3;1-2H2. The molecule has 1 aromatic rings. The molecule has 0 bridgehead atoms. The van der Waals surface area contributed by atoms with Gasteiger partial charge in [-0.25, -0.2) is 4.99 Å². The van der Waals surface area contributed by atoms with E-state index in [0.29, 0.717) is 0 Å². The topological polar surface area (TPSA) is 50.4 Å². The molecule has 3 N–H and O–H groups in total. The van der Waals surface area contributed by atoms with Crippen LogP contribution in [0.25, 0.3) is 0 Å². The Hall–Kier alpha value is -2.03. The van der Waals surface area contributed by atoms with E-state index >= 15 is 0 Å². The van der Waals surface area contributed by atoms with E-state index in [9.17, 15) is 0 Å². The summed E-state index contributed by atoms with van der Waals surface area (Å²) in [4.78, 5) is 4.42. The van der Waals surface area contributed by atoms with Crippen LogP contribution in [0.5, 0.6) is 0 Å². The average molecular weight is 328 g/mol. The van der Waals surface area contributed by atoms with Gasteiger partial charge in [-0.15, -0.1) is 13.2 Å². The molecule has 2 aliphatic rings. The van der Waals surface area contributed by atoms with Crippen LogP contribution < -0.4 is 11.1 Å². The number of anilines is 1. The average Bonchev–Trinajstić information content (AvgIpc) is 3.19. The minimum Gasteiger partial charge on any atom is -0.399 e. The Labute approximate surface area is 147 Å². The highest BCUT2D eigenvalue weighted by Crippen LogP contribution is 2.35. The fourth-order valence-corrected chi connectivity index (χ4v) is 3.23. The molecule has 3 heteroatoms. The van der Waals surface area contributed by atoms with E-state index in [1.165, 1.54) is 37.7 Å². The summed E-state index contributed by atoms with van der Waals surface area (Å²) in [7, 11) is 1.98. The highest BCUT2D eigenvalue weighted by atomic mass is 15.0. The SMILES string of the molecule is C=C.CCc1ccc(N)cc1.CNC1=C(C2CCCC2)CCC=N1. The van der Waals surface area contributed by atoms with Crippen LogP contribution in [0.1, 0.15) is 51.0 Å². The fourth-order valence-electron chi connectivity index (χ4n) is 3.23. The summed E-state index contributed by atoms with van der Waals surface area (Å²) in [6, 6.07) is 7.96. The summed E-state index contributed by atoms with van der Waals surface area (Å²) < 4.78 is 0. The van der Waals surface area contributed by atoms with Gasteiger partial charge in [0.2, 0.25) is 0 Å². The first-order valence-electron chi connectivity index (χ1n) is 9.02. The number of nitrogens with zero attached hydrogens (tertiary/aromatic N) is 1. The van der Waals surface area contributed by atoms with Crippen molar-refractivity contribution in [2.24, 2.45) is 10.9 Å². The Morgan fingerprint density at radius 3 is 2.33 bits per heavy atom. The minimum absolute atomic E-state index is 0.833. The fraction of sp³-hybridized carbons (Fsp3) is 0.476. The summed E-state index contributed by atoms with van der Waals surface area (Å²) in [5, 5.41) is 3.21. The number of aliphatic imine (C=N–C) groups is 1. The Bertz CT molecular complexity index is 523. The zero-order valence-electron chi connectivity index (χ0n) is 15.4. The lowest BCUT2D eigenvalue weighted by molar-refractivity contribution is 0.593. The molecule has 132 valence electrons. The second-order valence-corrected chi connectivity index (χ2v) is 6.05. The maximum atomic E-state index is 5.48. The number of hydrogen-bond acceptors (Lipinski definition) is 3. The van der Waals surface area contributed by atoms with E-state index in [2.05, 4.69) is 42.5 Å².